The van der Waals surface area contributed by atoms with Gasteiger partial charge in [-0.1, -0.05) is 0 Å². The van der Waals surface area contributed by atoms with Gasteiger partial charge < -0.3 is 14.8 Å². The number of carbonyl (C=O) groups is 2. The van der Waals surface area contributed by atoms with Crippen molar-refractivity contribution in [2.24, 2.45) is 0 Å². The van der Waals surface area contributed by atoms with Crippen LogP contribution in [-0.2, 0) is 19.1 Å². The number of carbonyl (C=O) groups excluding carboxylic acids is 2. The van der Waals surface area contributed by atoms with E-state index in [1.165, 1.54) is 0 Å². The molecular weight excluding hydrogens is 234 g/mol. The van der Waals surface area contributed by atoms with E-state index in [4.69, 9.17) is 9.47 Å². The van der Waals surface area contributed by atoms with Gasteiger partial charge >= 0.3 is 5.97 Å². The normalized spacial score (nSPS) is 12.9. The van der Waals surface area contributed by atoms with Gasteiger partial charge in [0.05, 0.1) is 6.42 Å². The molecule has 0 rings (SSSR count). The zero-order valence-corrected chi connectivity index (χ0v) is 12.0. The van der Waals surface area contributed by atoms with Crippen LogP contribution in [0.1, 0.15) is 47.0 Å². The fourth-order valence-electron chi connectivity index (χ4n) is 1.32. The smallest absolute Gasteiger partial charge is 0.306 e. The van der Waals surface area contributed by atoms with Crippen molar-refractivity contribution < 1.29 is 19.1 Å². The molecule has 0 aromatic carbocycles. The van der Waals surface area contributed by atoms with Gasteiger partial charge in [0.25, 0.3) is 0 Å². The van der Waals surface area contributed by atoms with Crippen LogP contribution in [0.25, 0.3) is 0 Å². The summed E-state index contributed by atoms with van der Waals surface area (Å²) in [6, 6.07) is 0.0519. The Morgan fingerprint density at radius 3 is 2.33 bits per heavy atom. The molecule has 0 aliphatic heterocycles. The quantitative estimate of drug-likeness (QED) is 0.706. The predicted molar refractivity (Wildman–Crippen MR) is 69.2 cm³/mol. The van der Waals surface area contributed by atoms with Crippen LogP contribution in [0.5, 0.6) is 0 Å². The van der Waals surface area contributed by atoms with E-state index in [9.17, 15) is 9.59 Å². The molecule has 0 aliphatic carbocycles. The number of hydrogen-bond donors (Lipinski definition) is 1. The standard InChI is InChI=1S/C13H25NO4/c1-10(8-9-17-5)14-11(15)6-7-12(16)18-13(2,3)4/h10H,6-9H2,1-5H3,(H,14,15). The van der Waals surface area contributed by atoms with E-state index in [0.717, 1.165) is 6.42 Å². The lowest BCUT2D eigenvalue weighted by Gasteiger charge is -2.19. The zero-order valence-electron chi connectivity index (χ0n) is 12.0. The second-order valence-corrected chi connectivity index (χ2v) is 5.34. The van der Waals surface area contributed by atoms with E-state index in [1.54, 1.807) is 27.9 Å². The van der Waals surface area contributed by atoms with Crippen molar-refractivity contribution in [2.45, 2.75) is 58.6 Å². The average Bonchev–Trinajstić information content (AvgIpc) is 2.21. The minimum atomic E-state index is -0.501. The minimum Gasteiger partial charge on any atom is -0.460 e. The summed E-state index contributed by atoms with van der Waals surface area (Å²) in [4.78, 5) is 22.9. The van der Waals surface area contributed by atoms with Crippen LogP contribution in [-0.4, -0.2) is 37.2 Å². The van der Waals surface area contributed by atoms with Gasteiger partial charge in [-0.05, 0) is 34.1 Å². The van der Waals surface area contributed by atoms with Crippen molar-refractivity contribution >= 4 is 11.9 Å². The molecular formula is C13H25NO4. The van der Waals surface area contributed by atoms with Crippen LogP contribution in [0.4, 0.5) is 0 Å². The van der Waals surface area contributed by atoms with E-state index in [-0.39, 0.29) is 30.8 Å². The Bertz CT molecular complexity index is 271. The van der Waals surface area contributed by atoms with Gasteiger partial charge in [0.2, 0.25) is 5.91 Å². The summed E-state index contributed by atoms with van der Waals surface area (Å²) >= 11 is 0. The zero-order chi connectivity index (χ0) is 14.2. The Balaban J connectivity index is 3.79. The number of nitrogens with one attached hydrogen (secondary N) is 1. The fraction of sp³-hybridized carbons (Fsp3) is 0.846. The topological polar surface area (TPSA) is 64.6 Å². The van der Waals surface area contributed by atoms with E-state index in [1.807, 2.05) is 6.92 Å². The molecule has 1 amide bonds. The monoisotopic (exact) mass is 259 g/mol. The van der Waals surface area contributed by atoms with Crippen molar-refractivity contribution in [1.82, 2.24) is 5.32 Å². The Morgan fingerprint density at radius 1 is 1.22 bits per heavy atom. The van der Waals surface area contributed by atoms with Crippen molar-refractivity contribution in [2.75, 3.05) is 13.7 Å². The maximum absolute atomic E-state index is 11.5. The molecule has 0 fully saturated rings. The molecule has 0 spiro atoms. The van der Waals surface area contributed by atoms with Gasteiger partial charge in [-0.2, -0.15) is 0 Å². The number of hydrogen-bond acceptors (Lipinski definition) is 4. The first-order valence-electron chi connectivity index (χ1n) is 6.24. The van der Waals surface area contributed by atoms with E-state index in [2.05, 4.69) is 5.32 Å². The van der Waals surface area contributed by atoms with Crippen molar-refractivity contribution in [1.29, 1.82) is 0 Å². The third kappa shape index (κ3) is 10.1. The summed E-state index contributed by atoms with van der Waals surface area (Å²) in [6.07, 6.45) is 1.03. The largest absolute Gasteiger partial charge is 0.460 e. The Labute approximate surface area is 109 Å². The molecule has 0 bridgehead atoms. The van der Waals surface area contributed by atoms with Gasteiger partial charge in [-0.15, -0.1) is 0 Å². The molecule has 1 atom stereocenters. The second-order valence-electron chi connectivity index (χ2n) is 5.34. The van der Waals surface area contributed by atoms with Crippen LogP contribution >= 0.6 is 0 Å². The molecule has 0 saturated heterocycles. The van der Waals surface area contributed by atoms with Gasteiger partial charge in [-0.3, -0.25) is 9.59 Å². The molecule has 106 valence electrons. The van der Waals surface area contributed by atoms with Crippen molar-refractivity contribution in [3.63, 3.8) is 0 Å². The summed E-state index contributed by atoms with van der Waals surface area (Å²) in [6.45, 7) is 7.92. The van der Waals surface area contributed by atoms with Crippen LogP contribution in [0, 0.1) is 0 Å². The van der Waals surface area contributed by atoms with Crippen LogP contribution in [0.3, 0.4) is 0 Å². The van der Waals surface area contributed by atoms with Crippen LogP contribution < -0.4 is 5.32 Å². The molecule has 0 aromatic heterocycles. The molecule has 0 radical (unpaired) electrons. The summed E-state index contributed by atoms with van der Waals surface area (Å²) in [5.74, 6) is -0.480. The van der Waals surface area contributed by atoms with E-state index in [0.29, 0.717) is 6.61 Å². The first-order chi connectivity index (χ1) is 8.24. The lowest BCUT2D eigenvalue weighted by Crippen LogP contribution is -2.34. The predicted octanol–water partition coefficient (Wildman–Crippen LogP) is 1.65. The van der Waals surface area contributed by atoms with Gasteiger partial charge in [0.15, 0.2) is 0 Å². The Morgan fingerprint density at radius 2 is 1.83 bits per heavy atom. The Hall–Kier alpha value is -1.10. The molecule has 5 heteroatoms. The number of rotatable bonds is 7. The lowest BCUT2D eigenvalue weighted by atomic mass is 10.2. The summed E-state index contributed by atoms with van der Waals surface area (Å²) < 4.78 is 10.0. The van der Waals surface area contributed by atoms with E-state index >= 15 is 0 Å². The highest BCUT2D eigenvalue weighted by atomic mass is 16.6. The highest BCUT2D eigenvalue weighted by Crippen LogP contribution is 2.09. The van der Waals surface area contributed by atoms with Crippen LogP contribution in [0.15, 0.2) is 0 Å². The maximum atomic E-state index is 11.5. The first kappa shape index (κ1) is 16.9. The third-order valence-electron chi connectivity index (χ3n) is 2.14. The summed E-state index contributed by atoms with van der Waals surface area (Å²) in [5, 5.41) is 2.81. The number of amides is 1. The highest BCUT2D eigenvalue weighted by molar-refractivity contribution is 5.81. The molecule has 1 unspecified atom stereocenters. The van der Waals surface area contributed by atoms with Gasteiger partial charge in [0, 0.05) is 26.2 Å². The number of methoxy groups -OCH3 is 1. The third-order valence-corrected chi connectivity index (χ3v) is 2.14. The molecule has 5 nitrogen and oxygen atoms in total. The van der Waals surface area contributed by atoms with Crippen molar-refractivity contribution in [3.05, 3.63) is 0 Å². The first-order valence-corrected chi connectivity index (χ1v) is 6.24. The lowest BCUT2D eigenvalue weighted by molar-refractivity contribution is -0.155. The molecule has 0 aliphatic rings. The van der Waals surface area contributed by atoms with Gasteiger partial charge in [-0.25, -0.2) is 0 Å². The van der Waals surface area contributed by atoms with Crippen molar-refractivity contribution in [3.8, 4) is 0 Å². The second kappa shape index (κ2) is 8.08. The fourth-order valence-corrected chi connectivity index (χ4v) is 1.32. The number of esters is 1. The molecule has 0 aromatic rings. The average molecular weight is 259 g/mol. The summed E-state index contributed by atoms with van der Waals surface area (Å²) in [5.41, 5.74) is -0.501. The molecule has 0 heterocycles. The maximum Gasteiger partial charge on any atom is 0.306 e. The van der Waals surface area contributed by atoms with Gasteiger partial charge in [0.1, 0.15) is 5.60 Å². The number of ether oxygens (including phenoxy) is 2. The van der Waals surface area contributed by atoms with Crippen LogP contribution in [0.2, 0.25) is 0 Å². The molecule has 0 saturated carbocycles. The molecule has 18 heavy (non-hydrogen) atoms. The SMILES string of the molecule is COCCC(C)NC(=O)CCC(=O)OC(C)(C)C. The Kier molecular flexibility index (Phi) is 7.59. The molecule has 1 N–H and O–H groups in total. The van der Waals surface area contributed by atoms with E-state index < -0.39 is 5.60 Å². The summed E-state index contributed by atoms with van der Waals surface area (Å²) in [7, 11) is 1.62. The highest BCUT2D eigenvalue weighted by Gasteiger charge is 2.17. The minimum absolute atomic E-state index is 0.0519.